The van der Waals surface area contributed by atoms with Crippen LogP contribution in [0.15, 0.2) is 42.2 Å². The molecule has 6 nitrogen and oxygen atoms in total. The van der Waals surface area contributed by atoms with E-state index in [0.717, 1.165) is 12.3 Å². The minimum atomic E-state index is -2.24. The molecule has 0 amide bonds. The summed E-state index contributed by atoms with van der Waals surface area (Å²) in [4.78, 5) is 14.1. The summed E-state index contributed by atoms with van der Waals surface area (Å²) in [6.07, 6.45) is 1.71. The number of aldehydes is 1. The highest BCUT2D eigenvalue weighted by molar-refractivity contribution is 6.76. The molecular weight excluding hydrogens is 498 g/mol. The zero-order valence-corrected chi connectivity index (χ0v) is 27.1. The van der Waals surface area contributed by atoms with E-state index in [1.165, 1.54) is 5.56 Å². The number of carbonyl (C=O) groups is 1. The lowest BCUT2D eigenvalue weighted by Crippen LogP contribution is -2.56. The van der Waals surface area contributed by atoms with Gasteiger partial charge in [0, 0.05) is 20.7 Å². The second kappa shape index (κ2) is 12.7. The molecule has 1 aromatic rings. The number of hydrogen-bond acceptors (Lipinski definition) is 6. The number of allylic oxidation sites excluding steroid dienone is 1. The highest BCUT2D eigenvalue weighted by Gasteiger charge is 2.49. The van der Waals surface area contributed by atoms with Crippen molar-refractivity contribution >= 4 is 22.7 Å². The van der Waals surface area contributed by atoms with Crippen LogP contribution in [0.5, 0.6) is 0 Å². The van der Waals surface area contributed by atoms with Gasteiger partial charge in [-0.05, 0) is 50.6 Å². The van der Waals surface area contributed by atoms with Gasteiger partial charge in [0.2, 0.25) is 0 Å². The molecule has 1 aliphatic rings. The smallest absolute Gasteiger partial charge is 0.192 e. The van der Waals surface area contributed by atoms with Gasteiger partial charge in [-0.25, -0.2) is 0 Å². The van der Waals surface area contributed by atoms with Gasteiger partial charge in [0.25, 0.3) is 0 Å². The van der Waals surface area contributed by atoms with Crippen LogP contribution in [0.4, 0.5) is 0 Å². The number of carbonyl (C=O) groups excluding carboxylic acids is 1. The molecule has 0 spiro atoms. The molecule has 0 radical (unpaired) electrons. The monoisotopic (exact) mass is 549 g/mol. The lowest BCUT2D eigenvalue weighted by atomic mass is 10.0. The van der Waals surface area contributed by atoms with Crippen molar-refractivity contribution in [3.8, 4) is 0 Å². The van der Waals surface area contributed by atoms with Crippen molar-refractivity contribution in [3.05, 3.63) is 47.7 Å². The average Bonchev–Trinajstić information content (AvgIpc) is 3.11. The lowest BCUT2D eigenvalue weighted by Gasteiger charge is -2.45. The number of ether oxygens (including phenoxy) is 3. The molecule has 37 heavy (non-hydrogen) atoms. The van der Waals surface area contributed by atoms with E-state index in [9.17, 15) is 4.79 Å². The Morgan fingerprint density at radius 3 is 2.27 bits per heavy atom. The number of rotatable bonds is 13. The van der Waals surface area contributed by atoms with E-state index in [2.05, 4.69) is 77.6 Å². The fourth-order valence-electron chi connectivity index (χ4n) is 4.11. The number of benzene rings is 1. The van der Waals surface area contributed by atoms with Crippen molar-refractivity contribution in [1.82, 2.24) is 4.90 Å². The van der Waals surface area contributed by atoms with E-state index in [4.69, 9.17) is 18.6 Å². The summed E-state index contributed by atoms with van der Waals surface area (Å²) < 4.78 is 26.0. The first-order valence-electron chi connectivity index (χ1n) is 13.5. The van der Waals surface area contributed by atoms with Gasteiger partial charge in [-0.2, -0.15) is 0 Å². The number of nitrogens with zero attached hydrogens (tertiary/aromatic N) is 1. The topological polar surface area (TPSA) is 57.2 Å². The molecule has 0 saturated carbocycles. The maximum absolute atomic E-state index is 11.9. The van der Waals surface area contributed by atoms with Gasteiger partial charge < -0.3 is 18.6 Å². The Labute approximate surface area is 227 Å². The highest BCUT2D eigenvalue weighted by Crippen LogP contribution is 2.40. The van der Waals surface area contributed by atoms with Crippen LogP contribution >= 0.6 is 0 Å². The Bertz CT molecular complexity index is 890. The van der Waals surface area contributed by atoms with Crippen molar-refractivity contribution < 1.29 is 23.4 Å². The van der Waals surface area contributed by atoms with Crippen LogP contribution in [0, 0.1) is 0 Å². The van der Waals surface area contributed by atoms with Crippen LogP contribution < -0.4 is 0 Å². The van der Waals surface area contributed by atoms with Crippen molar-refractivity contribution in [2.24, 2.45) is 0 Å². The third-order valence-electron chi connectivity index (χ3n) is 7.34. The van der Waals surface area contributed by atoms with E-state index in [0.29, 0.717) is 25.5 Å². The Morgan fingerprint density at radius 2 is 1.78 bits per heavy atom. The summed E-state index contributed by atoms with van der Waals surface area (Å²) in [7, 11) is -1.50. The van der Waals surface area contributed by atoms with Gasteiger partial charge in [0.15, 0.2) is 14.1 Å². The molecule has 8 heteroatoms. The molecule has 0 N–H and O–H groups in total. The highest BCUT2D eigenvalue weighted by atomic mass is 28.4. The molecule has 0 unspecified atom stereocenters. The van der Waals surface area contributed by atoms with E-state index < -0.39 is 22.2 Å². The standard InChI is InChI=1S/C29H51NO5Si2/c1-28(2,3)37(10,11)35-27(25-22-33-29(4,5)34-25)26(30(6)21-23-15-13-12-14-16-23)24(17-18-31)32-19-20-36(7,8)9/h12-18,25-27H,19-22H2,1-11H3/b24-17-/t25-,26-,27-/m1/s1. The summed E-state index contributed by atoms with van der Waals surface area (Å²) in [6.45, 7) is 23.7. The largest absolute Gasteiger partial charge is 0.496 e. The zero-order valence-electron chi connectivity index (χ0n) is 25.1. The normalized spacial score (nSPS) is 20.6. The molecule has 3 atom stereocenters. The van der Waals surface area contributed by atoms with Gasteiger partial charge in [0.05, 0.1) is 25.4 Å². The van der Waals surface area contributed by atoms with Gasteiger partial charge in [0.1, 0.15) is 18.1 Å². The second-order valence-corrected chi connectivity index (χ2v) is 23.8. The zero-order chi connectivity index (χ0) is 28.1. The van der Waals surface area contributed by atoms with Crippen LogP contribution in [0.2, 0.25) is 43.8 Å². The van der Waals surface area contributed by atoms with Crippen molar-refractivity contribution in [2.45, 2.75) is 109 Å². The van der Waals surface area contributed by atoms with Gasteiger partial charge in [-0.1, -0.05) is 70.7 Å². The quantitative estimate of drug-likeness (QED) is 0.122. The third-order valence-corrected chi connectivity index (χ3v) is 13.5. The van der Waals surface area contributed by atoms with E-state index >= 15 is 0 Å². The Kier molecular flexibility index (Phi) is 11.0. The molecule has 1 aliphatic heterocycles. The predicted octanol–water partition coefficient (Wildman–Crippen LogP) is 6.47. The molecule has 0 bridgehead atoms. The number of hydrogen-bond donors (Lipinski definition) is 0. The van der Waals surface area contributed by atoms with Gasteiger partial charge in [-0.15, -0.1) is 0 Å². The molecule has 0 aromatic heterocycles. The minimum Gasteiger partial charge on any atom is -0.496 e. The third kappa shape index (κ3) is 9.75. The van der Waals surface area contributed by atoms with Crippen LogP contribution in [0.25, 0.3) is 0 Å². The Hall–Kier alpha value is -1.30. The summed E-state index contributed by atoms with van der Waals surface area (Å²) in [5, 5.41) is -0.00396. The van der Waals surface area contributed by atoms with Crippen molar-refractivity contribution in [3.63, 3.8) is 0 Å². The summed E-state index contributed by atoms with van der Waals surface area (Å²) in [5.41, 5.74) is 1.18. The average molecular weight is 550 g/mol. The van der Waals surface area contributed by atoms with E-state index in [-0.39, 0.29) is 23.3 Å². The maximum atomic E-state index is 11.9. The van der Waals surface area contributed by atoms with Crippen LogP contribution in [-0.2, 0) is 30.0 Å². The van der Waals surface area contributed by atoms with Gasteiger partial charge >= 0.3 is 0 Å². The SMILES string of the molecule is CN(Cc1ccccc1)[C@H](/C(=C/C=O)OCC[Si](C)(C)C)[C@H](O[Si](C)(C)C(C)(C)C)[C@H]1COC(C)(C)O1. The molecule has 210 valence electrons. The Balaban J connectivity index is 2.55. The fraction of sp³-hybridized carbons (Fsp3) is 0.690. The Morgan fingerprint density at radius 1 is 1.16 bits per heavy atom. The maximum Gasteiger partial charge on any atom is 0.192 e. The van der Waals surface area contributed by atoms with Crippen LogP contribution in [0.1, 0.15) is 40.2 Å². The van der Waals surface area contributed by atoms with Gasteiger partial charge in [-0.3, -0.25) is 9.69 Å². The lowest BCUT2D eigenvalue weighted by molar-refractivity contribution is -0.155. The molecule has 1 aromatic carbocycles. The molecule has 2 rings (SSSR count). The summed E-state index contributed by atoms with van der Waals surface area (Å²) in [6, 6.07) is 11.0. The van der Waals surface area contributed by atoms with Crippen LogP contribution in [-0.4, -0.2) is 71.9 Å². The first kappa shape index (κ1) is 31.9. The first-order valence-corrected chi connectivity index (χ1v) is 20.1. The van der Waals surface area contributed by atoms with Crippen LogP contribution in [0.3, 0.4) is 0 Å². The fourth-order valence-corrected chi connectivity index (χ4v) is 6.14. The predicted molar refractivity (Wildman–Crippen MR) is 157 cm³/mol. The second-order valence-electron chi connectivity index (χ2n) is 13.4. The molecule has 1 fully saturated rings. The molecular formula is C29H51NO5Si2. The van der Waals surface area contributed by atoms with Crippen molar-refractivity contribution in [1.29, 1.82) is 0 Å². The van der Waals surface area contributed by atoms with E-state index in [1.54, 1.807) is 6.08 Å². The van der Waals surface area contributed by atoms with E-state index in [1.807, 2.05) is 32.0 Å². The molecule has 0 aliphatic carbocycles. The summed E-state index contributed by atoms with van der Waals surface area (Å²) >= 11 is 0. The number of likely N-dealkylation sites (N-methyl/N-ethyl adjacent to an activating group) is 1. The molecule has 1 saturated heterocycles. The summed E-state index contributed by atoms with van der Waals surface area (Å²) in [5.74, 6) is -0.0705. The first-order chi connectivity index (χ1) is 17.0. The molecule has 1 heterocycles. The minimum absolute atomic E-state index is 0.00396. The van der Waals surface area contributed by atoms with Crippen molar-refractivity contribution in [2.75, 3.05) is 20.3 Å².